The number of ether oxygens (including phenoxy) is 1. The Balaban J connectivity index is 1.06. The molecule has 6 nitrogen and oxygen atoms in total. The van der Waals surface area contributed by atoms with Crippen molar-refractivity contribution in [3.63, 3.8) is 0 Å². The van der Waals surface area contributed by atoms with E-state index >= 15 is 0 Å². The fourth-order valence-corrected chi connectivity index (χ4v) is 8.86. The molecule has 0 saturated heterocycles. The van der Waals surface area contributed by atoms with Gasteiger partial charge in [-0.3, -0.25) is 4.57 Å². The van der Waals surface area contributed by atoms with Crippen LogP contribution in [0.4, 0.5) is 22.7 Å². The number of hydrogen-bond acceptors (Lipinski definition) is 5. The molecular weight excluding hydrogens is 771 g/mol. The smallest absolute Gasteiger partial charge is 0.137 e. The summed E-state index contributed by atoms with van der Waals surface area (Å²) in [6, 6.07) is 62.1. The zero-order chi connectivity index (χ0) is 43.5. The Bertz CT molecular complexity index is 3230. The Morgan fingerprint density at radius 3 is 2.03 bits per heavy atom. The molecule has 0 atom stereocenters. The standard InChI is InChI=1S/C57H49N5O/c1-56(2,3)42-18-11-19-44(32-42)61-37-60(52-23-13-22-48(55(52)61)41-17-10-16-40(31-41)39-14-8-7-9-15-39)45-20-12-21-46(34-45)63-47-25-26-49-50-30-38(36-58)24-27-51(50)62(53(49)35-47)54-33-43(28-29-59-54)57(4,5)6/h7-35H,37H2,1-6H3. The van der Waals surface area contributed by atoms with E-state index in [1.165, 1.54) is 39.1 Å². The first-order valence-corrected chi connectivity index (χ1v) is 21.6. The molecule has 0 unspecified atom stereocenters. The van der Waals surface area contributed by atoms with Gasteiger partial charge in [-0.1, -0.05) is 120 Å². The molecule has 63 heavy (non-hydrogen) atoms. The normalized spacial score (nSPS) is 12.8. The summed E-state index contributed by atoms with van der Waals surface area (Å²) in [5.41, 5.74) is 14.2. The second-order valence-corrected chi connectivity index (χ2v) is 18.5. The average molecular weight is 820 g/mol. The van der Waals surface area contributed by atoms with Gasteiger partial charge in [-0.25, -0.2) is 4.98 Å². The lowest BCUT2D eigenvalue weighted by atomic mass is 9.87. The monoisotopic (exact) mass is 819 g/mol. The summed E-state index contributed by atoms with van der Waals surface area (Å²) in [5, 5.41) is 11.8. The van der Waals surface area contributed by atoms with Gasteiger partial charge in [0.25, 0.3) is 0 Å². The van der Waals surface area contributed by atoms with E-state index in [4.69, 9.17) is 9.72 Å². The van der Waals surface area contributed by atoms with Gasteiger partial charge in [0.1, 0.15) is 24.0 Å². The first-order valence-electron chi connectivity index (χ1n) is 21.6. The second kappa shape index (κ2) is 15.4. The highest BCUT2D eigenvalue weighted by Crippen LogP contribution is 2.50. The third-order valence-corrected chi connectivity index (χ3v) is 12.2. The van der Waals surface area contributed by atoms with Crippen LogP contribution in [0.2, 0.25) is 0 Å². The van der Waals surface area contributed by atoms with Crippen LogP contribution in [-0.4, -0.2) is 16.2 Å². The SMILES string of the molecule is CC(C)(C)c1cccc(N2CN(c3cccc(Oc4ccc5c6cc(C#N)ccc6n(-c6cc(C(C)(C)C)ccn6)c5c4)c3)c3cccc(-c4cccc(-c5ccccc5)c4)c32)c1. The average Bonchev–Trinajstić information content (AvgIpc) is 3.85. The van der Waals surface area contributed by atoms with Crippen molar-refractivity contribution in [3.05, 3.63) is 193 Å². The highest BCUT2D eigenvalue weighted by molar-refractivity contribution is 6.10. The van der Waals surface area contributed by atoms with Crippen LogP contribution < -0.4 is 14.5 Å². The van der Waals surface area contributed by atoms with Gasteiger partial charge in [-0.2, -0.15) is 5.26 Å². The minimum absolute atomic E-state index is 0.00260. The topological polar surface area (TPSA) is 57.3 Å². The fraction of sp³-hybridized carbons (Fsp3) is 0.158. The van der Waals surface area contributed by atoms with Gasteiger partial charge in [0.2, 0.25) is 0 Å². The summed E-state index contributed by atoms with van der Waals surface area (Å²) in [6.45, 7) is 14.1. The first-order chi connectivity index (χ1) is 30.4. The molecule has 1 aliphatic heterocycles. The van der Waals surface area contributed by atoms with Gasteiger partial charge < -0.3 is 14.5 Å². The van der Waals surface area contributed by atoms with Crippen LogP contribution in [0.5, 0.6) is 11.5 Å². The molecule has 0 aliphatic carbocycles. The summed E-state index contributed by atoms with van der Waals surface area (Å²) < 4.78 is 8.95. The van der Waals surface area contributed by atoms with Crippen LogP contribution in [0, 0.1) is 11.3 Å². The third kappa shape index (κ3) is 7.36. The summed E-state index contributed by atoms with van der Waals surface area (Å²) in [5.74, 6) is 2.26. The predicted molar refractivity (Wildman–Crippen MR) is 260 cm³/mol. The molecule has 0 saturated carbocycles. The van der Waals surface area contributed by atoms with Gasteiger partial charge in [0.15, 0.2) is 0 Å². The number of pyridine rings is 1. The van der Waals surface area contributed by atoms with E-state index in [-0.39, 0.29) is 10.8 Å². The zero-order valence-electron chi connectivity index (χ0n) is 36.6. The number of aromatic nitrogens is 2. The van der Waals surface area contributed by atoms with Crippen LogP contribution in [0.15, 0.2) is 176 Å². The zero-order valence-corrected chi connectivity index (χ0v) is 36.6. The maximum Gasteiger partial charge on any atom is 0.137 e. The molecule has 3 heterocycles. The number of fused-ring (bicyclic) bond motifs is 4. The van der Waals surface area contributed by atoms with Crippen molar-refractivity contribution < 1.29 is 4.74 Å². The minimum Gasteiger partial charge on any atom is -0.457 e. The molecule has 0 bridgehead atoms. The third-order valence-electron chi connectivity index (χ3n) is 12.2. The maximum absolute atomic E-state index is 9.81. The Morgan fingerprint density at radius 1 is 0.540 bits per heavy atom. The lowest BCUT2D eigenvalue weighted by Gasteiger charge is -2.26. The van der Waals surface area contributed by atoms with Crippen molar-refractivity contribution in [2.45, 2.75) is 52.4 Å². The fourth-order valence-electron chi connectivity index (χ4n) is 8.86. The number of rotatable bonds is 7. The molecule has 7 aromatic carbocycles. The van der Waals surface area contributed by atoms with Gasteiger partial charge in [0.05, 0.1) is 34.0 Å². The molecule has 2 aromatic heterocycles. The molecule has 9 aromatic rings. The van der Waals surface area contributed by atoms with E-state index in [2.05, 4.69) is 202 Å². The van der Waals surface area contributed by atoms with E-state index in [1.807, 2.05) is 36.5 Å². The lowest BCUT2D eigenvalue weighted by Crippen LogP contribution is -2.24. The summed E-state index contributed by atoms with van der Waals surface area (Å²) >= 11 is 0. The molecule has 0 radical (unpaired) electrons. The summed E-state index contributed by atoms with van der Waals surface area (Å²) in [6.07, 6.45) is 1.88. The van der Waals surface area contributed by atoms with Crippen molar-refractivity contribution in [3.8, 4) is 45.6 Å². The van der Waals surface area contributed by atoms with E-state index in [1.54, 1.807) is 0 Å². The van der Waals surface area contributed by atoms with Gasteiger partial charge in [-0.15, -0.1) is 0 Å². The molecular formula is C57H49N5O. The van der Waals surface area contributed by atoms with Crippen molar-refractivity contribution in [1.82, 2.24) is 9.55 Å². The lowest BCUT2D eigenvalue weighted by molar-refractivity contribution is 0.483. The number of nitrogens with zero attached hydrogens (tertiary/aromatic N) is 5. The predicted octanol–water partition coefficient (Wildman–Crippen LogP) is 15.0. The van der Waals surface area contributed by atoms with Crippen LogP contribution in [0.3, 0.4) is 0 Å². The number of anilines is 4. The molecule has 0 spiro atoms. The van der Waals surface area contributed by atoms with E-state index in [0.717, 1.165) is 50.4 Å². The van der Waals surface area contributed by atoms with Crippen molar-refractivity contribution in [1.29, 1.82) is 5.26 Å². The molecule has 10 rings (SSSR count). The Morgan fingerprint density at radius 2 is 1.24 bits per heavy atom. The minimum atomic E-state index is -0.0535. The van der Waals surface area contributed by atoms with Gasteiger partial charge >= 0.3 is 0 Å². The van der Waals surface area contributed by atoms with Crippen molar-refractivity contribution >= 4 is 44.6 Å². The number of benzene rings is 7. The molecule has 0 amide bonds. The molecule has 6 heteroatoms. The highest BCUT2D eigenvalue weighted by Gasteiger charge is 2.32. The van der Waals surface area contributed by atoms with Gasteiger partial charge in [0, 0.05) is 46.0 Å². The largest absolute Gasteiger partial charge is 0.457 e. The van der Waals surface area contributed by atoms with Crippen LogP contribution in [0.25, 0.3) is 49.9 Å². The first kappa shape index (κ1) is 39.5. The van der Waals surface area contributed by atoms with E-state index in [0.29, 0.717) is 18.0 Å². The van der Waals surface area contributed by atoms with Crippen LogP contribution >= 0.6 is 0 Å². The molecule has 0 fully saturated rings. The number of hydrogen-bond donors (Lipinski definition) is 0. The quantitative estimate of drug-likeness (QED) is 0.160. The highest BCUT2D eigenvalue weighted by atomic mass is 16.5. The molecule has 1 aliphatic rings. The summed E-state index contributed by atoms with van der Waals surface area (Å²) in [4.78, 5) is 9.70. The second-order valence-electron chi connectivity index (χ2n) is 18.5. The Kier molecular flexibility index (Phi) is 9.64. The van der Waals surface area contributed by atoms with Crippen LogP contribution in [0.1, 0.15) is 58.2 Å². The van der Waals surface area contributed by atoms with E-state index in [9.17, 15) is 5.26 Å². The number of para-hydroxylation sites is 1. The van der Waals surface area contributed by atoms with Crippen LogP contribution in [-0.2, 0) is 10.8 Å². The Hall–Kier alpha value is -7.62. The van der Waals surface area contributed by atoms with Crippen molar-refractivity contribution in [2.24, 2.45) is 0 Å². The Labute approximate surface area is 369 Å². The maximum atomic E-state index is 9.81. The summed E-state index contributed by atoms with van der Waals surface area (Å²) in [7, 11) is 0. The number of nitriles is 1. The van der Waals surface area contributed by atoms with E-state index < -0.39 is 0 Å². The molecule has 0 N–H and O–H groups in total. The van der Waals surface area contributed by atoms with Gasteiger partial charge in [-0.05, 0) is 118 Å². The molecule has 308 valence electrons. The van der Waals surface area contributed by atoms with Crippen molar-refractivity contribution in [2.75, 3.05) is 16.5 Å².